The quantitative estimate of drug-likeness (QED) is 0.713. The van der Waals surface area contributed by atoms with Gasteiger partial charge >= 0.3 is 0 Å². The molecule has 1 aromatic carbocycles. The molecule has 0 unspecified atom stereocenters. The molecule has 0 atom stereocenters. The highest BCUT2D eigenvalue weighted by molar-refractivity contribution is 6.30. The maximum Gasteiger partial charge on any atom is 0.124 e. The van der Waals surface area contributed by atoms with Crippen molar-refractivity contribution in [2.75, 3.05) is 20.6 Å². The second-order valence-corrected chi connectivity index (χ2v) is 7.42. The highest BCUT2D eigenvalue weighted by Crippen LogP contribution is 2.49. The van der Waals surface area contributed by atoms with Crippen LogP contribution in [-0.2, 0) is 5.54 Å². The van der Waals surface area contributed by atoms with E-state index in [0.717, 1.165) is 15.4 Å². The minimum atomic E-state index is 0. The van der Waals surface area contributed by atoms with Crippen molar-refractivity contribution in [1.29, 1.82) is 0 Å². The molecular weight excluding hydrogens is 305 g/mol. The van der Waals surface area contributed by atoms with Crippen molar-refractivity contribution in [3.63, 3.8) is 0 Å². The van der Waals surface area contributed by atoms with Gasteiger partial charge in [-0.3, -0.25) is 0 Å². The summed E-state index contributed by atoms with van der Waals surface area (Å²) in [7, 11) is 4.80. The zero-order chi connectivity index (χ0) is 14.1. The molecule has 2 nitrogen and oxygen atoms in total. The van der Waals surface area contributed by atoms with Crippen LogP contribution in [0.3, 0.4) is 0 Å². The lowest BCUT2D eigenvalue weighted by Gasteiger charge is -2.54. The third-order valence-electron chi connectivity index (χ3n) is 4.99. The van der Waals surface area contributed by atoms with Crippen molar-refractivity contribution in [2.45, 2.75) is 45.1 Å². The van der Waals surface area contributed by atoms with Gasteiger partial charge in [0.1, 0.15) is 5.54 Å². The lowest BCUT2D eigenvalue weighted by atomic mass is 9.69. The average molecular weight is 335 g/mol. The molecule has 1 aliphatic rings. The van der Waals surface area contributed by atoms with Gasteiger partial charge in [0, 0.05) is 23.4 Å². The summed E-state index contributed by atoms with van der Waals surface area (Å²) in [5.41, 5.74) is 1.79. The molecule has 0 radical (unpaired) electrons. The number of halogens is 2. The Balaban J connectivity index is 0.00000200. The molecule has 0 heterocycles. The second kappa shape index (κ2) is 7.82. The van der Waals surface area contributed by atoms with Gasteiger partial charge in [-0.2, -0.15) is 0 Å². The summed E-state index contributed by atoms with van der Waals surface area (Å²) in [6, 6.07) is 8.55. The van der Waals surface area contributed by atoms with Crippen molar-refractivity contribution < 1.29 is 9.96 Å². The Morgan fingerprint density at radius 3 is 2.05 bits per heavy atom. The van der Waals surface area contributed by atoms with Gasteiger partial charge < -0.3 is 9.96 Å². The molecule has 1 aromatic rings. The third kappa shape index (κ3) is 4.13. The molecule has 2 rings (SSSR count). The largest absolute Gasteiger partial charge is 0.412 e. The van der Waals surface area contributed by atoms with Gasteiger partial charge in [0.25, 0.3) is 0 Å². The Labute approximate surface area is 140 Å². The highest BCUT2D eigenvalue weighted by Gasteiger charge is 2.51. The second-order valence-electron chi connectivity index (χ2n) is 6.98. The first-order chi connectivity index (χ1) is 8.87. The van der Waals surface area contributed by atoms with Crippen molar-refractivity contribution in [2.24, 2.45) is 5.92 Å². The summed E-state index contributed by atoms with van der Waals surface area (Å²) in [4.78, 5) is 0. The van der Waals surface area contributed by atoms with Gasteiger partial charge in [0.15, 0.2) is 0 Å². The first kappa shape index (κ1) is 20.7. The number of quaternary nitrogens is 1. The lowest BCUT2D eigenvalue weighted by molar-refractivity contribution is -0.957. The average Bonchev–Trinajstić information content (AvgIpc) is 2.27. The van der Waals surface area contributed by atoms with E-state index in [1.54, 1.807) is 0 Å². The van der Waals surface area contributed by atoms with E-state index < -0.39 is 0 Å². The van der Waals surface area contributed by atoms with Gasteiger partial charge in [-0.1, -0.05) is 37.6 Å². The minimum Gasteiger partial charge on any atom is -0.412 e. The first-order valence-electron chi connectivity index (χ1n) is 7.46. The van der Waals surface area contributed by atoms with Crippen LogP contribution in [0.2, 0.25) is 5.02 Å². The Morgan fingerprint density at radius 1 is 1.14 bits per heavy atom. The standard InChI is InChI=1S/C17H27ClN.ClH.H2O/c1-14(2)10-13-19(3,4)17(11-5-12-17)15-6-8-16(18)9-7-15;;/h6-9,14H,5,10-13H2,1-4H3;1H;1H2/q+1;;. The smallest absolute Gasteiger partial charge is 0.124 e. The van der Waals surface area contributed by atoms with E-state index in [1.165, 1.54) is 37.8 Å². The van der Waals surface area contributed by atoms with E-state index >= 15 is 0 Å². The van der Waals surface area contributed by atoms with Crippen molar-refractivity contribution >= 4 is 24.0 Å². The SMILES string of the molecule is CC(C)CC[N+](C)(C)C1(c2ccc(Cl)cc2)CCC1.Cl.O. The van der Waals surface area contributed by atoms with E-state index in [4.69, 9.17) is 11.6 Å². The minimum absolute atomic E-state index is 0. The van der Waals surface area contributed by atoms with E-state index in [0.29, 0.717) is 5.54 Å². The molecular formula is C17H30Cl2NO+. The van der Waals surface area contributed by atoms with Crippen LogP contribution in [0, 0.1) is 5.92 Å². The molecule has 1 fully saturated rings. The van der Waals surface area contributed by atoms with Crippen molar-refractivity contribution in [1.82, 2.24) is 0 Å². The summed E-state index contributed by atoms with van der Waals surface area (Å²) in [5, 5.41) is 0.839. The number of benzene rings is 1. The molecule has 0 amide bonds. The summed E-state index contributed by atoms with van der Waals surface area (Å²) in [6.45, 7) is 5.88. The fraction of sp³-hybridized carbons (Fsp3) is 0.647. The molecule has 0 saturated heterocycles. The summed E-state index contributed by atoms with van der Waals surface area (Å²) < 4.78 is 1.10. The monoisotopic (exact) mass is 334 g/mol. The van der Waals surface area contributed by atoms with Crippen LogP contribution in [0.1, 0.15) is 45.1 Å². The molecule has 1 saturated carbocycles. The lowest BCUT2D eigenvalue weighted by Crippen LogP contribution is -2.61. The van der Waals surface area contributed by atoms with Crippen LogP contribution in [0.25, 0.3) is 0 Å². The normalized spacial score (nSPS) is 16.7. The molecule has 21 heavy (non-hydrogen) atoms. The first-order valence-corrected chi connectivity index (χ1v) is 7.84. The predicted octanol–water partition coefficient (Wildman–Crippen LogP) is 4.44. The van der Waals surface area contributed by atoms with Crippen LogP contribution in [0.5, 0.6) is 0 Å². The van der Waals surface area contributed by atoms with Gasteiger partial charge in [-0.15, -0.1) is 12.4 Å². The Hall–Kier alpha value is -0.280. The molecule has 122 valence electrons. The summed E-state index contributed by atoms with van der Waals surface area (Å²) in [6.07, 6.45) is 5.26. The van der Waals surface area contributed by atoms with E-state index in [1.807, 2.05) is 12.1 Å². The predicted molar refractivity (Wildman–Crippen MR) is 94.3 cm³/mol. The van der Waals surface area contributed by atoms with E-state index in [2.05, 4.69) is 40.1 Å². The molecule has 0 spiro atoms. The highest BCUT2D eigenvalue weighted by atomic mass is 35.5. The molecule has 4 heteroatoms. The van der Waals surface area contributed by atoms with Gasteiger partial charge in [-0.25, -0.2) is 0 Å². The zero-order valence-corrected chi connectivity index (χ0v) is 15.2. The molecule has 1 aliphatic carbocycles. The number of hydrogen-bond acceptors (Lipinski definition) is 0. The van der Waals surface area contributed by atoms with Crippen LogP contribution in [0.4, 0.5) is 0 Å². The molecule has 2 N–H and O–H groups in total. The molecule has 0 bridgehead atoms. The van der Waals surface area contributed by atoms with Crippen molar-refractivity contribution in [3.8, 4) is 0 Å². The van der Waals surface area contributed by atoms with Gasteiger partial charge in [-0.05, 0) is 30.9 Å². The van der Waals surface area contributed by atoms with Gasteiger partial charge in [0.05, 0.1) is 20.6 Å². The maximum atomic E-state index is 6.03. The summed E-state index contributed by atoms with van der Waals surface area (Å²) in [5.74, 6) is 0.778. The maximum absolute atomic E-state index is 6.03. The zero-order valence-electron chi connectivity index (χ0n) is 13.7. The summed E-state index contributed by atoms with van der Waals surface area (Å²) >= 11 is 6.03. The Morgan fingerprint density at radius 2 is 1.67 bits per heavy atom. The third-order valence-corrected chi connectivity index (χ3v) is 5.24. The molecule has 0 aromatic heterocycles. The Bertz CT molecular complexity index is 425. The Kier molecular flexibility index (Phi) is 7.72. The van der Waals surface area contributed by atoms with Gasteiger partial charge in [0.2, 0.25) is 0 Å². The van der Waals surface area contributed by atoms with Crippen LogP contribution < -0.4 is 0 Å². The molecule has 0 aliphatic heterocycles. The van der Waals surface area contributed by atoms with E-state index in [9.17, 15) is 0 Å². The topological polar surface area (TPSA) is 31.5 Å². The fourth-order valence-corrected chi connectivity index (χ4v) is 3.44. The van der Waals surface area contributed by atoms with Crippen LogP contribution >= 0.6 is 24.0 Å². The fourth-order valence-electron chi connectivity index (χ4n) is 3.31. The van der Waals surface area contributed by atoms with E-state index in [-0.39, 0.29) is 17.9 Å². The number of rotatable bonds is 5. The van der Waals surface area contributed by atoms with Crippen LogP contribution in [0.15, 0.2) is 24.3 Å². The van der Waals surface area contributed by atoms with Crippen molar-refractivity contribution in [3.05, 3.63) is 34.9 Å². The number of nitrogens with zero attached hydrogens (tertiary/aromatic N) is 1. The number of hydrogen-bond donors (Lipinski definition) is 0. The van der Waals surface area contributed by atoms with Crippen LogP contribution in [-0.4, -0.2) is 30.6 Å².